The molecule has 0 N–H and O–H groups in total. The average molecular weight is 503 g/mol. The molecule has 0 unspecified atom stereocenters. The summed E-state index contributed by atoms with van der Waals surface area (Å²) in [5.74, 6) is -9.83. The van der Waals surface area contributed by atoms with Gasteiger partial charge >= 0.3 is 0 Å². The number of hydrogen-bond donors (Lipinski definition) is 0. The Bertz CT molecular complexity index is 1740. The molecule has 0 aliphatic rings. The molecular weight excluding hydrogens is 487 g/mol. The third-order valence-electron chi connectivity index (χ3n) is 6.36. The zero-order chi connectivity index (χ0) is 25.0. The normalized spacial score (nSPS) is 11.5. The molecule has 0 saturated carbocycles. The second kappa shape index (κ2) is 8.57. The summed E-state index contributed by atoms with van der Waals surface area (Å²) >= 11 is 1.42. The second-order valence-electron chi connectivity index (χ2n) is 8.31. The predicted octanol–water partition coefficient (Wildman–Crippen LogP) is 9.75. The van der Waals surface area contributed by atoms with E-state index in [2.05, 4.69) is 0 Å². The Morgan fingerprint density at radius 1 is 0.444 bits per heavy atom. The summed E-state index contributed by atoms with van der Waals surface area (Å²) in [7, 11) is 0. The fourth-order valence-corrected chi connectivity index (χ4v) is 5.62. The van der Waals surface area contributed by atoms with Crippen molar-refractivity contribution >= 4 is 32.9 Å². The van der Waals surface area contributed by atoms with Gasteiger partial charge in [-0.15, -0.1) is 11.3 Å². The van der Waals surface area contributed by atoms with Gasteiger partial charge in [-0.3, -0.25) is 0 Å². The molecule has 1 heterocycles. The molecule has 1 aromatic heterocycles. The van der Waals surface area contributed by atoms with E-state index in [1.165, 1.54) is 11.3 Å². The van der Waals surface area contributed by atoms with Crippen LogP contribution in [0.25, 0.3) is 54.2 Å². The van der Waals surface area contributed by atoms with Crippen molar-refractivity contribution in [1.29, 1.82) is 0 Å². The van der Waals surface area contributed by atoms with Crippen molar-refractivity contribution in [2.45, 2.75) is 0 Å². The molecule has 0 aliphatic carbocycles. The van der Waals surface area contributed by atoms with Crippen LogP contribution >= 0.6 is 11.3 Å². The van der Waals surface area contributed by atoms with Crippen LogP contribution in [0.1, 0.15) is 0 Å². The van der Waals surface area contributed by atoms with Crippen LogP contribution in [0, 0.1) is 29.1 Å². The minimum atomic E-state index is -2.18. The first-order valence-electron chi connectivity index (χ1n) is 11.1. The van der Waals surface area contributed by atoms with Crippen molar-refractivity contribution < 1.29 is 22.0 Å². The molecule has 0 spiro atoms. The van der Waals surface area contributed by atoms with Crippen LogP contribution in [0.4, 0.5) is 22.0 Å². The number of rotatable bonds is 3. The largest absolute Gasteiger partial charge is 0.203 e. The molecular formula is C30H15F5S. The zero-order valence-electron chi connectivity index (χ0n) is 18.5. The van der Waals surface area contributed by atoms with E-state index in [0.29, 0.717) is 27.1 Å². The summed E-state index contributed by atoms with van der Waals surface area (Å²) in [5.41, 5.74) is 1.36. The molecule has 0 saturated heterocycles. The Labute approximate surface area is 206 Å². The van der Waals surface area contributed by atoms with E-state index < -0.39 is 34.6 Å². The van der Waals surface area contributed by atoms with Crippen LogP contribution in [0.15, 0.2) is 90.3 Å². The van der Waals surface area contributed by atoms with E-state index in [4.69, 9.17) is 0 Å². The van der Waals surface area contributed by atoms with Gasteiger partial charge in [0.15, 0.2) is 23.3 Å². The third-order valence-corrected chi connectivity index (χ3v) is 7.26. The molecule has 6 heteroatoms. The Hall–Kier alpha value is -4.03. The van der Waals surface area contributed by atoms with E-state index in [9.17, 15) is 13.2 Å². The van der Waals surface area contributed by atoms with E-state index >= 15 is 8.78 Å². The lowest BCUT2D eigenvalue weighted by atomic mass is 9.83. The van der Waals surface area contributed by atoms with E-state index in [1.807, 2.05) is 60.0 Å². The van der Waals surface area contributed by atoms with E-state index in [-0.39, 0.29) is 5.56 Å². The summed E-state index contributed by atoms with van der Waals surface area (Å²) in [6.45, 7) is 0. The molecule has 0 nitrogen and oxygen atoms in total. The smallest absolute Gasteiger partial charge is 0.200 e. The van der Waals surface area contributed by atoms with Gasteiger partial charge in [0.05, 0.1) is 5.56 Å². The first-order chi connectivity index (χ1) is 17.5. The van der Waals surface area contributed by atoms with Crippen molar-refractivity contribution in [2.75, 3.05) is 0 Å². The molecule has 0 aliphatic heterocycles. The minimum absolute atomic E-state index is 0.0305. The summed E-state index contributed by atoms with van der Waals surface area (Å²) < 4.78 is 73.5. The van der Waals surface area contributed by atoms with Gasteiger partial charge in [-0.1, -0.05) is 78.9 Å². The molecule has 176 valence electrons. The van der Waals surface area contributed by atoms with Gasteiger partial charge in [0.1, 0.15) is 0 Å². The van der Waals surface area contributed by atoms with Gasteiger partial charge in [0.2, 0.25) is 5.82 Å². The highest BCUT2D eigenvalue weighted by molar-refractivity contribution is 7.13. The SMILES string of the molecule is Fc1c(F)c(F)c(-c2c3ccccc3c(-c3ccccc3)c3cccc(-c4cccs4)c23)c(F)c1F. The fraction of sp³-hybridized carbons (Fsp3) is 0. The zero-order valence-corrected chi connectivity index (χ0v) is 19.3. The van der Waals surface area contributed by atoms with Crippen LogP contribution in [-0.4, -0.2) is 0 Å². The fourth-order valence-electron chi connectivity index (χ4n) is 4.87. The van der Waals surface area contributed by atoms with Crippen LogP contribution in [0.5, 0.6) is 0 Å². The molecule has 0 atom stereocenters. The minimum Gasteiger partial charge on any atom is -0.203 e. The topological polar surface area (TPSA) is 0 Å². The second-order valence-corrected chi connectivity index (χ2v) is 9.26. The summed E-state index contributed by atoms with van der Waals surface area (Å²) in [6.07, 6.45) is 0. The van der Waals surface area contributed by atoms with Crippen LogP contribution in [0.3, 0.4) is 0 Å². The maximum Gasteiger partial charge on any atom is 0.200 e. The van der Waals surface area contributed by atoms with Gasteiger partial charge in [-0.05, 0) is 44.1 Å². The average Bonchev–Trinajstić information content (AvgIpc) is 3.45. The van der Waals surface area contributed by atoms with Gasteiger partial charge in [0, 0.05) is 16.0 Å². The Kier molecular flexibility index (Phi) is 5.34. The molecule has 0 amide bonds. The lowest BCUT2D eigenvalue weighted by Gasteiger charge is -2.20. The van der Waals surface area contributed by atoms with Gasteiger partial charge < -0.3 is 0 Å². The van der Waals surface area contributed by atoms with E-state index in [1.54, 1.807) is 30.3 Å². The number of fused-ring (bicyclic) bond motifs is 2. The highest BCUT2D eigenvalue weighted by Crippen LogP contribution is 2.49. The Morgan fingerprint density at radius 2 is 1.03 bits per heavy atom. The highest BCUT2D eigenvalue weighted by Gasteiger charge is 2.30. The van der Waals surface area contributed by atoms with Crippen molar-refractivity contribution in [3.8, 4) is 32.7 Å². The third kappa shape index (κ3) is 3.25. The van der Waals surface area contributed by atoms with Gasteiger partial charge in [-0.25, -0.2) is 22.0 Å². The lowest BCUT2D eigenvalue weighted by molar-refractivity contribution is 0.381. The molecule has 0 fully saturated rings. The first kappa shape index (κ1) is 22.4. The number of thiophene rings is 1. The number of benzene rings is 5. The first-order valence-corrected chi connectivity index (χ1v) is 12.0. The van der Waals surface area contributed by atoms with Crippen LogP contribution < -0.4 is 0 Å². The maximum absolute atomic E-state index is 15.3. The summed E-state index contributed by atoms with van der Waals surface area (Å²) in [4.78, 5) is 0.806. The summed E-state index contributed by atoms with van der Waals surface area (Å²) in [5, 5.41) is 3.95. The van der Waals surface area contributed by atoms with Gasteiger partial charge in [-0.2, -0.15) is 0 Å². The standard InChI is InChI=1S/C30H15F5S/c31-26-25(27(32)29(34)30(35)28(26)33)24-18-11-5-4-10-17(18)22(16-8-2-1-3-9-16)20-13-6-12-19(23(20)24)21-14-7-15-36-21/h1-15H. The monoisotopic (exact) mass is 502 g/mol. The number of halogens is 5. The Morgan fingerprint density at radius 3 is 1.67 bits per heavy atom. The summed E-state index contributed by atoms with van der Waals surface area (Å²) in [6, 6.07) is 25.6. The quantitative estimate of drug-likeness (QED) is 0.0978. The predicted molar refractivity (Wildman–Crippen MR) is 135 cm³/mol. The van der Waals surface area contributed by atoms with Crippen molar-refractivity contribution in [3.05, 3.63) is 119 Å². The molecule has 5 aromatic carbocycles. The van der Waals surface area contributed by atoms with E-state index in [0.717, 1.165) is 16.0 Å². The van der Waals surface area contributed by atoms with Crippen molar-refractivity contribution in [1.82, 2.24) is 0 Å². The maximum atomic E-state index is 15.3. The molecule has 0 radical (unpaired) electrons. The molecule has 6 rings (SSSR count). The lowest BCUT2D eigenvalue weighted by Crippen LogP contribution is -2.05. The van der Waals surface area contributed by atoms with Crippen molar-refractivity contribution in [3.63, 3.8) is 0 Å². The van der Waals surface area contributed by atoms with Crippen molar-refractivity contribution in [2.24, 2.45) is 0 Å². The highest BCUT2D eigenvalue weighted by atomic mass is 32.1. The van der Waals surface area contributed by atoms with Gasteiger partial charge in [0.25, 0.3) is 0 Å². The molecule has 36 heavy (non-hydrogen) atoms. The molecule has 6 aromatic rings. The number of hydrogen-bond acceptors (Lipinski definition) is 1. The van der Waals surface area contributed by atoms with Crippen LogP contribution in [-0.2, 0) is 0 Å². The van der Waals surface area contributed by atoms with Crippen LogP contribution in [0.2, 0.25) is 0 Å². The molecule has 0 bridgehead atoms. The Balaban J connectivity index is 1.93.